The fourth-order valence-electron chi connectivity index (χ4n) is 2.55. The lowest BCUT2D eigenvalue weighted by molar-refractivity contribution is 0.0697. The highest BCUT2D eigenvalue weighted by Crippen LogP contribution is 2.28. The van der Waals surface area contributed by atoms with E-state index in [1.807, 2.05) is 26.0 Å². The standard InChI is InChI=1S/C18H17N3O3/c1-11-8-15(9-17(24-3)12(11)2)21-16(10-19-20-21)13-4-6-14(7-5-13)18(22)23/h4-10H,1-3H3,(H,22,23). The van der Waals surface area contributed by atoms with Crippen molar-refractivity contribution in [1.29, 1.82) is 0 Å². The molecule has 0 spiro atoms. The van der Waals surface area contributed by atoms with Crippen molar-refractivity contribution in [2.24, 2.45) is 0 Å². The highest BCUT2D eigenvalue weighted by molar-refractivity contribution is 5.88. The van der Waals surface area contributed by atoms with Crippen LogP contribution in [0.4, 0.5) is 0 Å². The van der Waals surface area contributed by atoms with E-state index >= 15 is 0 Å². The second-order valence-corrected chi connectivity index (χ2v) is 5.50. The first-order valence-corrected chi connectivity index (χ1v) is 7.41. The smallest absolute Gasteiger partial charge is 0.335 e. The Bertz CT molecular complexity index is 898. The SMILES string of the molecule is COc1cc(-n2nncc2-c2ccc(C(=O)O)cc2)cc(C)c1C. The van der Waals surface area contributed by atoms with Crippen LogP contribution in [0, 0.1) is 13.8 Å². The van der Waals surface area contributed by atoms with Crippen molar-refractivity contribution in [2.45, 2.75) is 13.8 Å². The zero-order valence-electron chi connectivity index (χ0n) is 13.6. The monoisotopic (exact) mass is 323 g/mol. The molecule has 122 valence electrons. The summed E-state index contributed by atoms with van der Waals surface area (Å²) in [5, 5.41) is 17.2. The van der Waals surface area contributed by atoms with Crippen molar-refractivity contribution in [3.8, 4) is 22.7 Å². The Labute approximate surface area is 139 Å². The molecule has 24 heavy (non-hydrogen) atoms. The van der Waals surface area contributed by atoms with Gasteiger partial charge in [0.1, 0.15) is 5.75 Å². The number of carboxylic acids is 1. The third-order valence-electron chi connectivity index (χ3n) is 4.05. The number of hydrogen-bond acceptors (Lipinski definition) is 4. The van der Waals surface area contributed by atoms with Crippen LogP contribution in [0.15, 0.2) is 42.6 Å². The Morgan fingerprint density at radius 3 is 2.50 bits per heavy atom. The minimum absolute atomic E-state index is 0.241. The fourth-order valence-corrected chi connectivity index (χ4v) is 2.55. The molecule has 0 fully saturated rings. The zero-order chi connectivity index (χ0) is 17.3. The summed E-state index contributed by atoms with van der Waals surface area (Å²) < 4.78 is 7.14. The van der Waals surface area contributed by atoms with Crippen LogP contribution >= 0.6 is 0 Å². The molecule has 0 aliphatic heterocycles. The lowest BCUT2D eigenvalue weighted by Gasteiger charge is -2.12. The lowest BCUT2D eigenvalue weighted by atomic mass is 10.1. The normalized spacial score (nSPS) is 10.6. The number of rotatable bonds is 4. The van der Waals surface area contributed by atoms with Crippen LogP contribution in [0.25, 0.3) is 16.9 Å². The third kappa shape index (κ3) is 2.74. The first-order valence-electron chi connectivity index (χ1n) is 7.41. The first kappa shape index (κ1) is 15.7. The highest BCUT2D eigenvalue weighted by Gasteiger charge is 2.13. The Morgan fingerprint density at radius 1 is 1.17 bits per heavy atom. The molecular weight excluding hydrogens is 306 g/mol. The summed E-state index contributed by atoms with van der Waals surface area (Å²) in [6.07, 6.45) is 1.65. The molecule has 2 aromatic carbocycles. The number of carboxylic acid groups (broad SMARTS) is 1. The topological polar surface area (TPSA) is 77.2 Å². The number of aryl methyl sites for hydroxylation is 1. The number of benzene rings is 2. The largest absolute Gasteiger partial charge is 0.496 e. The van der Waals surface area contributed by atoms with Crippen molar-refractivity contribution in [3.63, 3.8) is 0 Å². The minimum atomic E-state index is -0.952. The zero-order valence-corrected chi connectivity index (χ0v) is 13.6. The molecule has 1 aromatic heterocycles. The van der Waals surface area contributed by atoms with Crippen LogP contribution in [0.3, 0.4) is 0 Å². The molecule has 0 aliphatic carbocycles. The Balaban J connectivity index is 2.08. The molecule has 6 heteroatoms. The maximum atomic E-state index is 11.0. The molecule has 0 atom stereocenters. The molecule has 0 saturated carbocycles. The van der Waals surface area contributed by atoms with Gasteiger partial charge in [0.2, 0.25) is 0 Å². The number of methoxy groups -OCH3 is 1. The summed E-state index contributed by atoms with van der Waals surface area (Å²) in [7, 11) is 1.64. The second-order valence-electron chi connectivity index (χ2n) is 5.50. The van der Waals surface area contributed by atoms with E-state index in [0.29, 0.717) is 0 Å². The van der Waals surface area contributed by atoms with E-state index in [0.717, 1.165) is 33.8 Å². The molecule has 0 bridgehead atoms. The van der Waals surface area contributed by atoms with Gasteiger partial charge < -0.3 is 9.84 Å². The summed E-state index contributed by atoms with van der Waals surface area (Å²) >= 11 is 0. The van der Waals surface area contributed by atoms with E-state index < -0.39 is 5.97 Å². The van der Waals surface area contributed by atoms with Crippen molar-refractivity contribution >= 4 is 5.97 Å². The van der Waals surface area contributed by atoms with Gasteiger partial charge in [-0.1, -0.05) is 17.3 Å². The molecule has 0 unspecified atom stereocenters. The Morgan fingerprint density at radius 2 is 1.88 bits per heavy atom. The predicted molar refractivity (Wildman–Crippen MR) is 89.8 cm³/mol. The maximum absolute atomic E-state index is 11.0. The minimum Gasteiger partial charge on any atom is -0.496 e. The van der Waals surface area contributed by atoms with Gasteiger partial charge in [-0.2, -0.15) is 0 Å². The van der Waals surface area contributed by atoms with Crippen molar-refractivity contribution in [2.75, 3.05) is 7.11 Å². The molecule has 6 nitrogen and oxygen atoms in total. The summed E-state index contributed by atoms with van der Waals surface area (Å²) in [5.41, 5.74) is 4.86. The van der Waals surface area contributed by atoms with Crippen LogP contribution < -0.4 is 4.74 Å². The van der Waals surface area contributed by atoms with Crippen molar-refractivity contribution in [1.82, 2.24) is 15.0 Å². The van der Waals surface area contributed by atoms with Crippen LogP contribution in [-0.2, 0) is 0 Å². The molecule has 0 aliphatic rings. The van der Waals surface area contributed by atoms with E-state index in [1.54, 1.807) is 42.3 Å². The molecule has 1 N–H and O–H groups in total. The molecule has 0 amide bonds. The van der Waals surface area contributed by atoms with Gasteiger partial charge in [0, 0.05) is 11.6 Å². The molecule has 0 radical (unpaired) electrons. The van der Waals surface area contributed by atoms with E-state index in [4.69, 9.17) is 9.84 Å². The number of hydrogen-bond donors (Lipinski definition) is 1. The summed E-state index contributed by atoms with van der Waals surface area (Å²) in [5.74, 6) is -0.167. The molecule has 3 aromatic rings. The molecule has 3 rings (SSSR count). The second kappa shape index (κ2) is 6.16. The number of ether oxygens (including phenoxy) is 1. The quantitative estimate of drug-likeness (QED) is 0.797. The van der Waals surface area contributed by atoms with Gasteiger partial charge in [-0.05, 0) is 43.2 Å². The van der Waals surface area contributed by atoms with Gasteiger partial charge in [0.05, 0.1) is 30.3 Å². The van der Waals surface area contributed by atoms with E-state index in [-0.39, 0.29) is 5.56 Å². The van der Waals surface area contributed by atoms with Crippen LogP contribution in [0.5, 0.6) is 5.75 Å². The summed E-state index contributed by atoms with van der Waals surface area (Å²) in [4.78, 5) is 11.0. The maximum Gasteiger partial charge on any atom is 0.335 e. The summed E-state index contributed by atoms with van der Waals surface area (Å²) in [6, 6.07) is 10.5. The van der Waals surface area contributed by atoms with E-state index in [1.165, 1.54) is 0 Å². The van der Waals surface area contributed by atoms with Gasteiger partial charge in [-0.3, -0.25) is 0 Å². The van der Waals surface area contributed by atoms with Crippen LogP contribution in [-0.4, -0.2) is 33.2 Å². The number of carbonyl (C=O) groups is 1. The number of nitrogens with zero attached hydrogens (tertiary/aromatic N) is 3. The third-order valence-corrected chi connectivity index (χ3v) is 4.05. The average Bonchev–Trinajstić information content (AvgIpc) is 3.07. The van der Waals surface area contributed by atoms with Gasteiger partial charge in [0.25, 0.3) is 0 Å². The highest BCUT2D eigenvalue weighted by atomic mass is 16.5. The van der Waals surface area contributed by atoms with Crippen molar-refractivity contribution < 1.29 is 14.6 Å². The Kier molecular flexibility index (Phi) is 4.04. The number of aromatic carboxylic acids is 1. The van der Waals surface area contributed by atoms with E-state index in [9.17, 15) is 4.79 Å². The Hall–Kier alpha value is -3.15. The first-order chi connectivity index (χ1) is 11.5. The lowest BCUT2D eigenvalue weighted by Crippen LogP contribution is -2.02. The van der Waals surface area contributed by atoms with Gasteiger partial charge in [-0.25, -0.2) is 9.48 Å². The van der Waals surface area contributed by atoms with Crippen molar-refractivity contribution in [3.05, 3.63) is 59.3 Å². The average molecular weight is 323 g/mol. The van der Waals surface area contributed by atoms with Gasteiger partial charge in [0.15, 0.2) is 0 Å². The number of aromatic nitrogens is 3. The molecular formula is C18H17N3O3. The van der Waals surface area contributed by atoms with E-state index in [2.05, 4.69) is 10.3 Å². The molecule has 1 heterocycles. The predicted octanol–water partition coefficient (Wildman–Crippen LogP) is 3.26. The molecule has 0 saturated heterocycles. The fraction of sp³-hybridized carbons (Fsp3) is 0.167. The van der Waals surface area contributed by atoms with Crippen LogP contribution in [0.2, 0.25) is 0 Å². The van der Waals surface area contributed by atoms with Gasteiger partial charge in [-0.15, -0.1) is 5.10 Å². The summed E-state index contributed by atoms with van der Waals surface area (Å²) in [6.45, 7) is 4.02. The van der Waals surface area contributed by atoms with Crippen LogP contribution in [0.1, 0.15) is 21.5 Å². The van der Waals surface area contributed by atoms with Gasteiger partial charge >= 0.3 is 5.97 Å².